The fraction of sp³-hybridized carbons (Fsp3) is 0.200. The van der Waals surface area contributed by atoms with Crippen LogP contribution in [0.4, 0.5) is 4.79 Å². The number of nitrogens with two attached hydrogens (primary N) is 1. The summed E-state index contributed by atoms with van der Waals surface area (Å²) in [5, 5.41) is -0.294. The van der Waals surface area contributed by atoms with E-state index in [9.17, 15) is 9.59 Å². The van der Waals surface area contributed by atoms with Gasteiger partial charge >= 0.3 is 0 Å². The molecule has 2 N–H and O–H groups in total. The molecule has 0 aromatic carbocycles. The fourth-order valence-corrected chi connectivity index (χ4v) is 2.52. The highest BCUT2D eigenvalue weighted by Gasteiger charge is 2.34. The second kappa shape index (κ2) is 5.07. The van der Waals surface area contributed by atoms with Gasteiger partial charge in [0, 0.05) is 19.2 Å². The summed E-state index contributed by atoms with van der Waals surface area (Å²) in [6.45, 7) is 0.501. The molecule has 0 atom stereocenters. The monoisotopic (exact) mass is 316 g/mol. The number of amides is 2. The number of rotatable bonds is 3. The molecule has 90 valence electrons. The Hall–Kier alpha value is -1.05. The average Bonchev–Trinajstić information content (AvgIpc) is 2.79. The van der Waals surface area contributed by atoms with Crippen LogP contribution < -0.4 is 5.73 Å². The normalized spacial score (nSPS) is 18.5. The summed E-state index contributed by atoms with van der Waals surface area (Å²) in [5.74, 6) is 0.202. The highest BCUT2D eigenvalue weighted by atomic mass is 79.9. The lowest BCUT2D eigenvalue weighted by Gasteiger charge is -2.09. The maximum absolute atomic E-state index is 11.8. The van der Waals surface area contributed by atoms with E-state index in [1.807, 2.05) is 0 Å². The number of halogens is 1. The summed E-state index contributed by atoms with van der Waals surface area (Å²) in [4.78, 5) is 24.8. The molecule has 2 rings (SSSR count). The first-order valence-electron chi connectivity index (χ1n) is 4.82. The summed E-state index contributed by atoms with van der Waals surface area (Å²) in [6, 6.07) is 3.43. The van der Waals surface area contributed by atoms with E-state index in [1.165, 1.54) is 0 Å². The first-order chi connectivity index (χ1) is 8.11. The Morgan fingerprint density at radius 1 is 1.47 bits per heavy atom. The van der Waals surface area contributed by atoms with Crippen molar-refractivity contribution in [2.75, 3.05) is 13.1 Å². The van der Waals surface area contributed by atoms with Crippen LogP contribution in [0.15, 0.2) is 26.1 Å². The number of imide groups is 1. The largest absolute Gasteiger partial charge is 0.450 e. The van der Waals surface area contributed by atoms with Gasteiger partial charge in [0.05, 0.1) is 4.91 Å². The Kier molecular flexibility index (Phi) is 3.70. The third-order valence-corrected chi connectivity index (χ3v) is 3.43. The van der Waals surface area contributed by atoms with Gasteiger partial charge in [-0.05, 0) is 39.8 Å². The first-order valence-corrected chi connectivity index (χ1v) is 6.43. The molecular formula is C10H9BrN2O3S. The predicted molar refractivity (Wildman–Crippen MR) is 68.1 cm³/mol. The van der Waals surface area contributed by atoms with E-state index < -0.39 is 0 Å². The number of thioether (sulfide) groups is 1. The standard InChI is InChI=1S/C10H9BrN2O3S/c11-8-2-1-6(16-8)5-7-9(14)13(4-3-12)10(15)17-7/h1-2,5H,3-4,12H2/b7-5-. The van der Waals surface area contributed by atoms with E-state index in [4.69, 9.17) is 10.2 Å². The minimum atomic E-state index is -0.321. The van der Waals surface area contributed by atoms with Crippen LogP contribution in [0, 0.1) is 0 Å². The average molecular weight is 317 g/mol. The maximum atomic E-state index is 11.8. The second-order valence-electron chi connectivity index (χ2n) is 3.26. The SMILES string of the molecule is NCCN1C(=O)S/C(=C\c2ccc(Br)o2)C1=O. The van der Waals surface area contributed by atoms with Crippen LogP contribution in [0.1, 0.15) is 5.76 Å². The minimum Gasteiger partial charge on any atom is -0.450 e. The molecule has 0 aliphatic carbocycles. The lowest BCUT2D eigenvalue weighted by molar-refractivity contribution is -0.122. The molecule has 0 radical (unpaired) electrons. The zero-order chi connectivity index (χ0) is 12.4. The van der Waals surface area contributed by atoms with Crippen LogP contribution in [0.5, 0.6) is 0 Å². The van der Waals surface area contributed by atoms with Crippen molar-refractivity contribution >= 4 is 44.9 Å². The van der Waals surface area contributed by atoms with Crippen LogP contribution >= 0.6 is 27.7 Å². The number of carbonyl (C=O) groups excluding carboxylic acids is 2. The Morgan fingerprint density at radius 2 is 2.24 bits per heavy atom. The molecule has 0 bridgehead atoms. The Morgan fingerprint density at radius 3 is 2.82 bits per heavy atom. The van der Waals surface area contributed by atoms with Gasteiger partial charge in [-0.15, -0.1) is 0 Å². The number of hydrogen-bond donors (Lipinski definition) is 1. The topological polar surface area (TPSA) is 76.5 Å². The summed E-state index contributed by atoms with van der Waals surface area (Å²) in [7, 11) is 0. The van der Waals surface area contributed by atoms with E-state index in [0.717, 1.165) is 16.7 Å². The van der Waals surface area contributed by atoms with Crippen molar-refractivity contribution in [1.29, 1.82) is 0 Å². The predicted octanol–water partition coefficient (Wildman–Crippen LogP) is 2.04. The Bertz CT molecular complexity index is 497. The lowest BCUT2D eigenvalue weighted by Crippen LogP contribution is -2.33. The molecule has 1 aromatic heterocycles. The molecule has 7 heteroatoms. The van der Waals surface area contributed by atoms with Gasteiger partial charge in [-0.3, -0.25) is 14.5 Å². The summed E-state index contributed by atoms with van der Waals surface area (Å²) in [5.41, 5.74) is 5.33. The van der Waals surface area contributed by atoms with Gasteiger partial charge in [-0.25, -0.2) is 0 Å². The third-order valence-electron chi connectivity index (χ3n) is 2.09. The van der Waals surface area contributed by atoms with Crippen molar-refractivity contribution in [1.82, 2.24) is 4.90 Å². The van der Waals surface area contributed by atoms with Crippen LogP contribution in [0.25, 0.3) is 6.08 Å². The molecular weight excluding hydrogens is 308 g/mol. The molecule has 1 aliphatic rings. The van der Waals surface area contributed by atoms with Crippen molar-refractivity contribution in [3.63, 3.8) is 0 Å². The van der Waals surface area contributed by atoms with Gasteiger partial charge in [-0.1, -0.05) is 0 Å². The van der Waals surface area contributed by atoms with Crippen molar-refractivity contribution in [3.05, 3.63) is 27.5 Å². The molecule has 17 heavy (non-hydrogen) atoms. The molecule has 2 amide bonds. The number of nitrogens with zero attached hydrogens (tertiary/aromatic N) is 1. The molecule has 1 aliphatic heterocycles. The number of carbonyl (C=O) groups is 2. The van der Waals surface area contributed by atoms with E-state index in [0.29, 0.717) is 15.3 Å². The molecule has 2 heterocycles. The highest BCUT2D eigenvalue weighted by molar-refractivity contribution is 9.10. The summed E-state index contributed by atoms with van der Waals surface area (Å²) in [6.07, 6.45) is 1.55. The maximum Gasteiger partial charge on any atom is 0.293 e. The number of furan rings is 1. The smallest absolute Gasteiger partial charge is 0.293 e. The van der Waals surface area contributed by atoms with E-state index >= 15 is 0 Å². The zero-order valence-corrected chi connectivity index (χ0v) is 11.1. The van der Waals surface area contributed by atoms with E-state index in [2.05, 4.69) is 15.9 Å². The summed E-state index contributed by atoms with van der Waals surface area (Å²) < 4.78 is 5.82. The molecule has 0 spiro atoms. The van der Waals surface area contributed by atoms with Gasteiger partial charge in [0.1, 0.15) is 5.76 Å². The van der Waals surface area contributed by atoms with Gasteiger partial charge in [0.15, 0.2) is 4.67 Å². The number of hydrogen-bond acceptors (Lipinski definition) is 5. The van der Waals surface area contributed by atoms with E-state index in [-0.39, 0.29) is 24.2 Å². The molecule has 1 aromatic rings. The minimum absolute atomic E-state index is 0.240. The van der Waals surface area contributed by atoms with Crippen molar-refractivity contribution in [3.8, 4) is 0 Å². The van der Waals surface area contributed by atoms with Crippen molar-refractivity contribution in [2.24, 2.45) is 5.73 Å². The van der Waals surface area contributed by atoms with Gasteiger partial charge in [-0.2, -0.15) is 0 Å². The van der Waals surface area contributed by atoms with Gasteiger partial charge in [0.25, 0.3) is 11.1 Å². The lowest BCUT2D eigenvalue weighted by atomic mass is 10.3. The fourth-order valence-electron chi connectivity index (χ4n) is 1.36. The zero-order valence-electron chi connectivity index (χ0n) is 8.68. The quantitative estimate of drug-likeness (QED) is 0.863. The van der Waals surface area contributed by atoms with Crippen molar-refractivity contribution < 1.29 is 14.0 Å². The molecule has 1 saturated heterocycles. The molecule has 5 nitrogen and oxygen atoms in total. The first kappa shape index (κ1) is 12.4. The van der Waals surface area contributed by atoms with Crippen molar-refractivity contribution in [2.45, 2.75) is 0 Å². The van der Waals surface area contributed by atoms with Crippen LogP contribution in [0.2, 0.25) is 0 Å². The second-order valence-corrected chi connectivity index (χ2v) is 5.04. The van der Waals surface area contributed by atoms with E-state index in [1.54, 1.807) is 18.2 Å². The van der Waals surface area contributed by atoms with Gasteiger partial charge in [0.2, 0.25) is 0 Å². The van der Waals surface area contributed by atoms with Gasteiger partial charge < -0.3 is 10.2 Å². The molecule has 1 fully saturated rings. The Labute approximate surface area is 110 Å². The Balaban J connectivity index is 2.21. The van der Waals surface area contributed by atoms with Crippen LogP contribution in [-0.2, 0) is 4.79 Å². The molecule has 0 saturated carbocycles. The third kappa shape index (κ3) is 2.62. The van der Waals surface area contributed by atoms with Crippen LogP contribution in [0.3, 0.4) is 0 Å². The highest BCUT2D eigenvalue weighted by Crippen LogP contribution is 2.32. The molecule has 0 unspecified atom stereocenters. The summed E-state index contributed by atoms with van der Waals surface area (Å²) >= 11 is 4.06. The van der Waals surface area contributed by atoms with Crippen LogP contribution in [-0.4, -0.2) is 29.1 Å².